The first-order valence-electron chi connectivity index (χ1n) is 5.63. The smallest absolute Gasteiger partial charge is 0.360 e. The number of nitrogens with zero attached hydrogens (tertiary/aromatic N) is 1. The van der Waals surface area contributed by atoms with Crippen molar-refractivity contribution in [3.05, 3.63) is 12.0 Å². The van der Waals surface area contributed by atoms with E-state index in [-0.39, 0.29) is 5.69 Å². The van der Waals surface area contributed by atoms with Crippen LogP contribution in [0.3, 0.4) is 0 Å². The molecule has 17 heavy (non-hydrogen) atoms. The van der Waals surface area contributed by atoms with Gasteiger partial charge < -0.3 is 19.2 Å². The van der Waals surface area contributed by atoms with Crippen molar-refractivity contribution in [2.24, 2.45) is 0 Å². The summed E-state index contributed by atoms with van der Waals surface area (Å²) in [6, 6.07) is 0.338. The van der Waals surface area contributed by atoms with Crippen molar-refractivity contribution in [1.29, 1.82) is 0 Å². The summed E-state index contributed by atoms with van der Waals surface area (Å²) >= 11 is 0. The number of rotatable bonds is 8. The maximum Gasteiger partial charge on any atom is 0.360 e. The molecule has 6 heteroatoms. The third kappa shape index (κ3) is 4.86. The highest BCUT2D eigenvalue weighted by Gasteiger charge is 2.12. The van der Waals surface area contributed by atoms with E-state index in [0.29, 0.717) is 12.6 Å². The molecule has 0 aromatic carbocycles. The van der Waals surface area contributed by atoms with Gasteiger partial charge in [-0.2, -0.15) is 4.98 Å². The lowest BCUT2D eigenvalue weighted by Gasteiger charge is -2.00. The zero-order valence-electron chi connectivity index (χ0n) is 10.2. The van der Waals surface area contributed by atoms with Gasteiger partial charge in [-0.3, -0.25) is 0 Å². The van der Waals surface area contributed by atoms with Crippen LogP contribution in [0, 0.1) is 0 Å². The van der Waals surface area contributed by atoms with Gasteiger partial charge in [-0.05, 0) is 19.8 Å². The van der Waals surface area contributed by atoms with Gasteiger partial charge in [-0.1, -0.05) is 0 Å². The summed E-state index contributed by atoms with van der Waals surface area (Å²) in [7, 11) is 1.67. The summed E-state index contributed by atoms with van der Waals surface area (Å²) in [5, 5.41) is 2.98. The highest BCUT2D eigenvalue weighted by atomic mass is 16.5. The molecule has 1 heterocycles. The number of carbonyl (C=O) groups excluding carboxylic acids is 1. The number of oxazole rings is 1. The molecular weight excluding hydrogens is 224 g/mol. The number of methoxy groups -OCH3 is 1. The predicted octanol–water partition coefficient (Wildman–Crippen LogP) is 1.69. The number of hydrogen-bond donors (Lipinski definition) is 1. The van der Waals surface area contributed by atoms with Gasteiger partial charge in [0, 0.05) is 20.3 Å². The number of unbranched alkanes of at least 4 members (excludes halogenated alkanes) is 1. The first-order chi connectivity index (χ1) is 8.27. The van der Waals surface area contributed by atoms with Crippen molar-refractivity contribution in [2.45, 2.75) is 19.8 Å². The summed E-state index contributed by atoms with van der Waals surface area (Å²) in [4.78, 5) is 15.2. The van der Waals surface area contributed by atoms with Crippen molar-refractivity contribution >= 4 is 12.0 Å². The monoisotopic (exact) mass is 242 g/mol. The quantitative estimate of drug-likeness (QED) is 0.552. The van der Waals surface area contributed by atoms with E-state index >= 15 is 0 Å². The van der Waals surface area contributed by atoms with Crippen LogP contribution >= 0.6 is 0 Å². The molecule has 0 unspecified atom stereocenters. The molecule has 0 aliphatic rings. The minimum atomic E-state index is -0.469. The number of aromatic nitrogens is 1. The fourth-order valence-corrected chi connectivity index (χ4v) is 1.22. The van der Waals surface area contributed by atoms with Gasteiger partial charge in [0.1, 0.15) is 6.26 Å². The molecule has 96 valence electrons. The maximum atomic E-state index is 11.3. The van der Waals surface area contributed by atoms with E-state index in [4.69, 9.17) is 13.9 Å². The Morgan fingerprint density at radius 3 is 3.06 bits per heavy atom. The summed E-state index contributed by atoms with van der Waals surface area (Å²) in [6.07, 6.45) is 3.20. The highest BCUT2D eigenvalue weighted by molar-refractivity contribution is 5.87. The maximum absolute atomic E-state index is 11.3. The Balaban J connectivity index is 2.28. The summed E-state index contributed by atoms with van der Waals surface area (Å²) in [6.45, 7) is 3.53. The number of hydrogen-bond acceptors (Lipinski definition) is 6. The van der Waals surface area contributed by atoms with Crippen molar-refractivity contribution in [1.82, 2.24) is 4.98 Å². The zero-order valence-corrected chi connectivity index (χ0v) is 10.2. The lowest BCUT2D eigenvalue weighted by Crippen LogP contribution is -2.06. The van der Waals surface area contributed by atoms with Gasteiger partial charge in [0.15, 0.2) is 5.69 Å². The van der Waals surface area contributed by atoms with Crippen LogP contribution in [0.25, 0.3) is 0 Å². The number of anilines is 1. The molecule has 0 atom stereocenters. The number of ether oxygens (including phenoxy) is 2. The SMILES string of the molecule is CCOC(=O)c1coc(NCCCCOC)n1. The fraction of sp³-hybridized carbons (Fsp3) is 0.636. The lowest BCUT2D eigenvalue weighted by molar-refractivity contribution is 0.0519. The Morgan fingerprint density at radius 2 is 2.35 bits per heavy atom. The predicted molar refractivity (Wildman–Crippen MR) is 62.1 cm³/mol. The molecule has 0 bridgehead atoms. The van der Waals surface area contributed by atoms with E-state index < -0.39 is 5.97 Å². The molecule has 0 aliphatic carbocycles. The van der Waals surface area contributed by atoms with Crippen LogP contribution in [0.4, 0.5) is 6.01 Å². The highest BCUT2D eigenvalue weighted by Crippen LogP contribution is 2.08. The average molecular weight is 242 g/mol. The molecule has 1 aromatic rings. The van der Waals surface area contributed by atoms with E-state index in [9.17, 15) is 4.79 Å². The van der Waals surface area contributed by atoms with Gasteiger partial charge in [-0.15, -0.1) is 0 Å². The van der Waals surface area contributed by atoms with Crippen LogP contribution in [0.15, 0.2) is 10.7 Å². The first kappa shape index (κ1) is 13.5. The van der Waals surface area contributed by atoms with E-state index in [1.54, 1.807) is 14.0 Å². The Kier molecular flexibility index (Phi) is 6.09. The molecule has 0 aliphatic heterocycles. The molecule has 0 fully saturated rings. The standard InChI is InChI=1S/C11H18N2O4/c1-3-16-10(14)9-8-17-11(13-9)12-6-4-5-7-15-2/h8H,3-7H2,1-2H3,(H,12,13). The second kappa shape index (κ2) is 7.67. The molecule has 0 amide bonds. The summed E-state index contributed by atoms with van der Waals surface area (Å²) in [5.41, 5.74) is 0.186. The van der Waals surface area contributed by atoms with Crippen LogP contribution in [0.1, 0.15) is 30.3 Å². The van der Waals surface area contributed by atoms with E-state index in [2.05, 4.69) is 10.3 Å². The van der Waals surface area contributed by atoms with Gasteiger partial charge >= 0.3 is 5.97 Å². The number of nitrogens with one attached hydrogen (secondary N) is 1. The molecule has 1 N–H and O–H groups in total. The first-order valence-corrected chi connectivity index (χ1v) is 5.63. The van der Waals surface area contributed by atoms with E-state index in [0.717, 1.165) is 26.0 Å². The van der Waals surface area contributed by atoms with Gasteiger partial charge in [0.2, 0.25) is 0 Å². The molecule has 0 saturated carbocycles. The number of esters is 1. The summed E-state index contributed by atoms with van der Waals surface area (Å²) in [5.74, 6) is -0.469. The normalized spacial score (nSPS) is 10.2. The third-order valence-corrected chi connectivity index (χ3v) is 2.04. The topological polar surface area (TPSA) is 73.6 Å². The largest absolute Gasteiger partial charge is 0.461 e. The molecule has 0 radical (unpaired) electrons. The number of carbonyl (C=O) groups is 1. The Morgan fingerprint density at radius 1 is 1.53 bits per heavy atom. The van der Waals surface area contributed by atoms with Crippen molar-refractivity contribution in [2.75, 3.05) is 32.2 Å². The lowest BCUT2D eigenvalue weighted by atomic mass is 10.3. The fourth-order valence-electron chi connectivity index (χ4n) is 1.22. The minimum absolute atomic E-state index is 0.186. The molecule has 0 spiro atoms. The third-order valence-electron chi connectivity index (χ3n) is 2.04. The molecule has 0 saturated heterocycles. The minimum Gasteiger partial charge on any atom is -0.461 e. The Labute approximate surface area is 100 Å². The van der Waals surface area contributed by atoms with Crippen molar-refractivity contribution in [3.8, 4) is 0 Å². The zero-order chi connectivity index (χ0) is 12.5. The van der Waals surface area contributed by atoms with Crippen LogP contribution in [0.2, 0.25) is 0 Å². The molecule has 1 aromatic heterocycles. The summed E-state index contributed by atoms with van der Waals surface area (Å²) < 4.78 is 14.8. The van der Waals surface area contributed by atoms with Crippen LogP contribution in [-0.4, -0.2) is 37.8 Å². The Hall–Kier alpha value is -1.56. The van der Waals surface area contributed by atoms with Crippen molar-refractivity contribution in [3.63, 3.8) is 0 Å². The molecule has 1 rings (SSSR count). The van der Waals surface area contributed by atoms with Crippen LogP contribution in [-0.2, 0) is 9.47 Å². The van der Waals surface area contributed by atoms with E-state index in [1.165, 1.54) is 6.26 Å². The van der Waals surface area contributed by atoms with Gasteiger partial charge in [0.05, 0.1) is 6.61 Å². The van der Waals surface area contributed by atoms with Gasteiger partial charge in [-0.25, -0.2) is 4.79 Å². The molecular formula is C11H18N2O4. The Bertz CT molecular complexity index is 338. The van der Waals surface area contributed by atoms with Crippen LogP contribution in [0.5, 0.6) is 0 Å². The van der Waals surface area contributed by atoms with Crippen molar-refractivity contribution < 1.29 is 18.7 Å². The second-order valence-electron chi connectivity index (χ2n) is 3.39. The van der Waals surface area contributed by atoms with E-state index in [1.807, 2.05) is 0 Å². The van der Waals surface area contributed by atoms with Crippen LogP contribution < -0.4 is 5.32 Å². The van der Waals surface area contributed by atoms with Gasteiger partial charge in [0.25, 0.3) is 6.01 Å². The average Bonchev–Trinajstić information content (AvgIpc) is 2.78. The molecule has 6 nitrogen and oxygen atoms in total. The second-order valence-corrected chi connectivity index (χ2v) is 3.39.